The molecule has 1 aromatic rings. The van der Waals surface area contributed by atoms with Crippen molar-refractivity contribution in [3.63, 3.8) is 0 Å². The van der Waals surface area contributed by atoms with E-state index in [4.69, 9.17) is 11.3 Å². The fraction of sp³-hybridized carbons (Fsp3) is 0.375. The third kappa shape index (κ3) is 1.77. The second-order valence-corrected chi connectivity index (χ2v) is 3.15. The van der Waals surface area contributed by atoms with Crippen LogP contribution in [-0.2, 0) is 11.8 Å². The SMILES string of the molecule is [C-]#[N+]c1c(C(=O)OCC)nc(Br)n1C. The molecule has 0 fully saturated rings. The maximum Gasteiger partial charge on any atom is 0.347 e. The Hall–Kier alpha value is -1.35. The van der Waals surface area contributed by atoms with E-state index in [1.807, 2.05) is 0 Å². The van der Waals surface area contributed by atoms with Crippen LogP contribution in [0, 0.1) is 6.57 Å². The number of hydrogen-bond donors (Lipinski definition) is 0. The molecule has 74 valence electrons. The van der Waals surface area contributed by atoms with Gasteiger partial charge in [-0.05, 0) is 6.92 Å². The molecule has 5 nitrogen and oxygen atoms in total. The van der Waals surface area contributed by atoms with Crippen LogP contribution in [0.2, 0.25) is 0 Å². The van der Waals surface area contributed by atoms with E-state index in [0.29, 0.717) is 4.73 Å². The Labute approximate surface area is 89.6 Å². The highest BCUT2D eigenvalue weighted by atomic mass is 79.9. The molecular weight excluding hydrogens is 250 g/mol. The second-order valence-electron chi connectivity index (χ2n) is 2.44. The van der Waals surface area contributed by atoms with Crippen molar-refractivity contribution in [3.8, 4) is 0 Å². The van der Waals surface area contributed by atoms with Crippen LogP contribution in [0.15, 0.2) is 4.73 Å². The van der Waals surface area contributed by atoms with Crippen molar-refractivity contribution < 1.29 is 9.53 Å². The molecule has 0 atom stereocenters. The maximum atomic E-state index is 11.3. The molecule has 0 saturated carbocycles. The molecule has 1 heterocycles. The third-order valence-electron chi connectivity index (χ3n) is 1.59. The number of imidazole rings is 1. The number of carbonyl (C=O) groups is 1. The van der Waals surface area contributed by atoms with Gasteiger partial charge in [-0.25, -0.2) is 9.78 Å². The fourth-order valence-electron chi connectivity index (χ4n) is 0.928. The minimum absolute atomic E-state index is 0.0521. The smallest absolute Gasteiger partial charge is 0.347 e. The average molecular weight is 258 g/mol. The number of ether oxygens (including phenoxy) is 1. The summed E-state index contributed by atoms with van der Waals surface area (Å²) in [7, 11) is 1.65. The van der Waals surface area contributed by atoms with E-state index >= 15 is 0 Å². The third-order valence-corrected chi connectivity index (χ3v) is 2.29. The number of nitrogens with zero attached hydrogens (tertiary/aromatic N) is 3. The Kier molecular flexibility index (Phi) is 3.25. The summed E-state index contributed by atoms with van der Waals surface area (Å²) < 4.78 is 6.68. The van der Waals surface area contributed by atoms with Crippen molar-refractivity contribution in [1.82, 2.24) is 9.55 Å². The molecule has 1 rings (SSSR count). The van der Waals surface area contributed by atoms with Crippen molar-refractivity contribution in [2.45, 2.75) is 6.92 Å². The molecule has 0 radical (unpaired) electrons. The molecule has 0 saturated heterocycles. The molecule has 0 N–H and O–H groups in total. The zero-order chi connectivity index (χ0) is 10.7. The molecule has 0 unspecified atom stereocenters. The largest absolute Gasteiger partial charge is 0.462 e. The standard InChI is InChI=1S/C8H8BrN3O2/c1-4-14-7(13)5-6(10-2)12(3)8(9)11-5/h4H2,1,3H3. The first-order chi connectivity index (χ1) is 6.61. The van der Waals surface area contributed by atoms with Gasteiger partial charge < -0.3 is 9.58 Å². The molecular formula is C8H8BrN3O2. The second kappa shape index (κ2) is 4.24. The van der Waals surface area contributed by atoms with Gasteiger partial charge in [-0.2, -0.15) is 0 Å². The predicted octanol–water partition coefficient (Wildman–Crippen LogP) is 1.91. The van der Waals surface area contributed by atoms with Gasteiger partial charge in [0, 0.05) is 15.9 Å². The van der Waals surface area contributed by atoms with Crippen LogP contribution in [0.25, 0.3) is 4.85 Å². The van der Waals surface area contributed by atoms with Gasteiger partial charge in [0.15, 0.2) is 5.69 Å². The molecule has 0 aliphatic carbocycles. The van der Waals surface area contributed by atoms with E-state index < -0.39 is 5.97 Å². The minimum atomic E-state index is -0.570. The number of hydrogen-bond acceptors (Lipinski definition) is 3. The summed E-state index contributed by atoms with van der Waals surface area (Å²) in [5, 5.41) is 0. The Bertz CT molecular complexity index is 405. The minimum Gasteiger partial charge on any atom is -0.462 e. The van der Waals surface area contributed by atoms with E-state index in [2.05, 4.69) is 25.8 Å². The normalized spacial score (nSPS) is 9.57. The van der Waals surface area contributed by atoms with Crippen LogP contribution in [-0.4, -0.2) is 22.1 Å². The van der Waals surface area contributed by atoms with Crippen molar-refractivity contribution in [1.29, 1.82) is 0 Å². The fourth-order valence-corrected chi connectivity index (χ4v) is 1.27. The van der Waals surface area contributed by atoms with Crippen LogP contribution in [0.1, 0.15) is 17.4 Å². The van der Waals surface area contributed by atoms with Gasteiger partial charge >= 0.3 is 5.97 Å². The zero-order valence-electron chi connectivity index (χ0n) is 7.74. The highest BCUT2D eigenvalue weighted by Crippen LogP contribution is 2.23. The predicted molar refractivity (Wildman–Crippen MR) is 53.1 cm³/mol. The Morgan fingerprint density at radius 2 is 2.43 bits per heavy atom. The van der Waals surface area contributed by atoms with Crippen LogP contribution in [0.5, 0.6) is 0 Å². The van der Waals surface area contributed by atoms with Gasteiger partial charge in [0.2, 0.25) is 4.73 Å². The lowest BCUT2D eigenvalue weighted by atomic mass is 10.4. The summed E-state index contributed by atoms with van der Waals surface area (Å²) in [5.74, 6) is -0.393. The van der Waals surface area contributed by atoms with Gasteiger partial charge in [0.1, 0.15) is 0 Å². The Morgan fingerprint density at radius 3 is 2.93 bits per heavy atom. The molecule has 0 aromatic carbocycles. The highest BCUT2D eigenvalue weighted by Gasteiger charge is 2.21. The quantitative estimate of drug-likeness (QED) is 0.601. The summed E-state index contributed by atoms with van der Waals surface area (Å²) in [6, 6.07) is 0. The van der Waals surface area contributed by atoms with Crippen molar-refractivity contribution in [2.24, 2.45) is 7.05 Å². The lowest BCUT2D eigenvalue weighted by molar-refractivity contribution is 0.0521. The average Bonchev–Trinajstić information content (AvgIpc) is 2.44. The molecule has 0 aliphatic rings. The number of esters is 1. The van der Waals surface area contributed by atoms with Crippen LogP contribution in [0.4, 0.5) is 5.82 Å². The Morgan fingerprint density at radius 1 is 1.79 bits per heavy atom. The summed E-state index contributed by atoms with van der Waals surface area (Å²) in [6.07, 6.45) is 0. The number of carbonyl (C=O) groups excluding carboxylic acids is 1. The maximum absolute atomic E-state index is 11.3. The lowest BCUT2D eigenvalue weighted by Gasteiger charge is -1.98. The van der Waals surface area contributed by atoms with E-state index in [-0.39, 0.29) is 18.1 Å². The summed E-state index contributed by atoms with van der Waals surface area (Å²) >= 11 is 3.13. The van der Waals surface area contributed by atoms with Gasteiger partial charge in [-0.3, -0.25) is 4.57 Å². The van der Waals surface area contributed by atoms with Gasteiger partial charge in [-0.15, -0.1) is 0 Å². The summed E-state index contributed by atoms with van der Waals surface area (Å²) in [4.78, 5) is 18.4. The van der Waals surface area contributed by atoms with E-state index in [0.717, 1.165) is 0 Å². The number of aromatic nitrogens is 2. The molecule has 0 amide bonds. The Balaban J connectivity index is 3.16. The number of rotatable bonds is 2. The van der Waals surface area contributed by atoms with Crippen LogP contribution < -0.4 is 0 Å². The molecule has 0 aliphatic heterocycles. The highest BCUT2D eigenvalue weighted by molar-refractivity contribution is 9.10. The monoisotopic (exact) mass is 257 g/mol. The van der Waals surface area contributed by atoms with E-state index in [1.165, 1.54) is 4.57 Å². The van der Waals surface area contributed by atoms with Crippen molar-refractivity contribution >= 4 is 27.7 Å². The van der Waals surface area contributed by atoms with Crippen LogP contribution in [0.3, 0.4) is 0 Å². The topological polar surface area (TPSA) is 48.5 Å². The van der Waals surface area contributed by atoms with Crippen LogP contribution >= 0.6 is 15.9 Å². The molecule has 14 heavy (non-hydrogen) atoms. The van der Waals surface area contributed by atoms with Gasteiger partial charge in [-0.1, -0.05) is 6.57 Å². The summed E-state index contributed by atoms with van der Waals surface area (Å²) in [5.41, 5.74) is 0.0521. The zero-order valence-corrected chi connectivity index (χ0v) is 9.33. The molecule has 1 aromatic heterocycles. The first-order valence-corrected chi connectivity index (χ1v) is 4.67. The molecule has 0 spiro atoms. The molecule has 6 heteroatoms. The van der Waals surface area contributed by atoms with Crippen molar-refractivity contribution in [2.75, 3.05) is 6.61 Å². The van der Waals surface area contributed by atoms with E-state index in [9.17, 15) is 4.79 Å². The summed E-state index contributed by atoms with van der Waals surface area (Å²) in [6.45, 7) is 8.87. The van der Waals surface area contributed by atoms with Crippen molar-refractivity contribution in [3.05, 3.63) is 21.8 Å². The lowest BCUT2D eigenvalue weighted by Crippen LogP contribution is -2.05. The van der Waals surface area contributed by atoms with Gasteiger partial charge in [0.05, 0.1) is 13.7 Å². The molecule has 0 bridgehead atoms. The van der Waals surface area contributed by atoms with E-state index in [1.54, 1.807) is 14.0 Å². The van der Waals surface area contributed by atoms with Gasteiger partial charge in [0.25, 0.3) is 5.82 Å². The first-order valence-electron chi connectivity index (χ1n) is 3.88. The first kappa shape index (κ1) is 10.7. The number of halogens is 1.